The van der Waals surface area contributed by atoms with Crippen LogP contribution in [0.25, 0.3) is 0 Å². The van der Waals surface area contributed by atoms with Crippen LogP contribution < -0.4 is 5.32 Å². The second-order valence-corrected chi connectivity index (χ2v) is 4.40. The molecule has 3 N–H and O–H groups in total. The second-order valence-electron chi connectivity index (χ2n) is 4.40. The highest BCUT2D eigenvalue weighted by molar-refractivity contribution is 5.84. The molecule has 1 aliphatic rings. The van der Waals surface area contributed by atoms with E-state index in [2.05, 4.69) is 5.32 Å². The van der Waals surface area contributed by atoms with E-state index in [0.717, 1.165) is 0 Å². The fraction of sp³-hybridized carbons (Fsp3) is 0.800. The highest BCUT2D eigenvalue weighted by Gasteiger charge is 2.59. The van der Waals surface area contributed by atoms with Crippen molar-refractivity contribution in [3.63, 3.8) is 0 Å². The van der Waals surface area contributed by atoms with Crippen molar-refractivity contribution in [2.75, 3.05) is 6.54 Å². The fourth-order valence-corrected chi connectivity index (χ4v) is 2.30. The van der Waals surface area contributed by atoms with Crippen molar-refractivity contribution in [2.45, 2.75) is 32.7 Å². The third-order valence-electron chi connectivity index (χ3n) is 3.97. The summed E-state index contributed by atoms with van der Waals surface area (Å²) in [5.41, 5.74) is -2.11. The maximum atomic E-state index is 11.2. The van der Waals surface area contributed by atoms with Crippen molar-refractivity contribution in [3.05, 3.63) is 0 Å². The molecular formula is C10H17NO4. The van der Waals surface area contributed by atoms with Crippen molar-refractivity contribution < 1.29 is 19.8 Å². The summed E-state index contributed by atoms with van der Waals surface area (Å²) in [4.78, 5) is 22.3. The molecule has 86 valence electrons. The molecule has 1 fully saturated rings. The van der Waals surface area contributed by atoms with Gasteiger partial charge in [0, 0.05) is 12.5 Å². The van der Waals surface area contributed by atoms with Crippen molar-refractivity contribution in [2.24, 2.45) is 11.3 Å². The minimum Gasteiger partial charge on any atom is -0.481 e. The van der Waals surface area contributed by atoms with Crippen molar-refractivity contribution in [1.82, 2.24) is 5.32 Å². The van der Waals surface area contributed by atoms with Crippen LogP contribution in [-0.2, 0) is 9.59 Å². The van der Waals surface area contributed by atoms with Crippen LogP contribution in [0.2, 0.25) is 0 Å². The lowest BCUT2D eigenvalue weighted by molar-refractivity contribution is -0.153. The second kappa shape index (κ2) is 3.48. The minimum absolute atomic E-state index is 0.211. The Hall–Kier alpha value is -1.10. The summed E-state index contributed by atoms with van der Waals surface area (Å²) in [5, 5.41) is 21.1. The smallest absolute Gasteiger partial charge is 0.323 e. The topological polar surface area (TPSA) is 86.6 Å². The molecular weight excluding hydrogens is 198 g/mol. The summed E-state index contributed by atoms with van der Waals surface area (Å²) in [7, 11) is 0. The Kier molecular flexibility index (Phi) is 2.78. The highest BCUT2D eigenvalue weighted by Crippen LogP contribution is 2.43. The summed E-state index contributed by atoms with van der Waals surface area (Å²) >= 11 is 0. The summed E-state index contributed by atoms with van der Waals surface area (Å²) in [6, 6.07) is 0. The molecule has 1 aliphatic heterocycles. The van der Waals surface area contributed by atoms with Crippen LogP contribution in [0, 0.1) is 11.3 Å². The van der Waals surface area contributed by atoms with Gasteiger partial charge in [0.15, 0.2) is 0 Å². The molecule has 0 amide bonds. The van der Waals surface area contributed by atoms with Crippen LogP contribution in [0.15, 0.2) is 0 Å². The Morgan fingerprint density at radius 3 is 2.13 bits per heavy atom. The Bertz CT molecular complexity index is 304. The number of carboxylic acid groups (broad SMARTS) is 2. The number of hydrogen-bond donors (Lipinski definition) is 3. The van der Waals surface area contributed by atoms with Gasteiger partial charge in [0.25, 0.3) is 0 Å². The first-order valence-corrected chi connectivity index (χ1v) is 5.03. The van der Waals surface area contributed by atoms with Crippen LogP contribution in [0.4, 0.5) is 0 Å². The molecule has 3 atom stereocenters. The molecule has 15 heavy (non-hydrogen) atoms. The van der Waals surface area contributed by atoms with Crippen molar-refractivity contribution in [1.29, 1.82) is 0 Å². The molecule has 0 unspecified atom stereocenters. The molecule has 5 nitrogen and oxygen atoms in total. The van der Waals surface area contributed by atoms with Gasteiger partial charge in [-0.15, -0.1) is 0 Å². The average Bonchev–Trinajstić information content (AvgIpc) is 2.43. The monoisotopic (exact) mass is 215 g/mol. The highest BCUT2D eigenvalue weighted by atomic mass is 16.4. The van der Waals surface area contributed by atoms with Gasteiger partial charge in [-0.2, -0.15) is 0 Å². The van der Waals surface area contributed by atoms with Crippen LogP contribution in [0.1, 0.15) is 27.2 Å². The first-order chi connectivity index (χ1) is 6.81. The molecule has 0 spiro atoms. The van der Waals surface area contributed by atoms with Gasteiger partial charge in [-0.1, -0.05) is 13.8 Å². The number of carbonyl (C=O) groups is 2. The van der Waals surface area contributed by atoms with E-state index < -0.39 is 28.8 Å². The maximum absolute atomic E-state index is 11.2. The zero-order valence-electron chi connectivity index (χ0n) is 9.20. The Morgan fingerprint density at radius 2 is 1.93 bits per heavy atom. The van der Waals surface area contributed by atoms with Crippen molar-refractivity contribution >= 4 is 11.9 Å². The van der Waals surface area contributed by atoms with Crippen molar-refractivity contribution in [3.8, 4) is 0 Å². The quantitative estimate of drug-likeness (QED) is 0.640. The minimum atomic E-state index is -1.14. The number of aliphatic carboxylic acids is 2. The van der Waals surface area contributed by atoms with Gasteiger partial charge in [0.05, 0.1) is 5.41 Å². The van der Waals surface area contributed by atoms with E-state index in [-0.39, 0.29) is 6.54 Å². The van der Waals surface area contributed by atoms with E-state index in [1.54, 1.807) is 20.8 Å². The first kappa shape index (κ1) is 12.0. The predicted octanol–water partition coefficient (Wildman–Crippen LogP) is 0.550. The molecule has 1 heterocycles. The number of hydrogen-bond acceptors (Lipinski definition) is 3. The van der Waals surface area contributed by atoms with E-state index in [4.69, 9.17) is 5.11 Å². The lowest BCUT2D eigenvalue weighted by atomic mass is 9.70. The molecule has 0 saturated carbocycles. The predicted molar refractivity (Wildman–Crippen MR) is 53.6 cm³/mol. The standard InChI is InChI=1S/C10H17NO4/c1-4-10(8(14)15)5-11-9(3,6(10)2)7(12)13/h6,11H,4-5H2,1-3H3,(H,12,13)(H,14,15)/t6-,9+,10-/m0/s1. The third-order valence-corrected chi connectivity index (χ3v) is 3.97. The molecule has 1 saturated heterocycles. The van der Waals surface area contributed by atoms with E-state index in [1.165, 1.54) is 0 Å². The third kappa shape index (κ3) is 1.42. The number of nitrogens with one attached hydrogen (secondary N) is 1. The van der Waals surface area contributed by atoms with E-state index in [1.807, 2.05) is 0 Å². The summed E-state index contributed by atoms with van der Waals surface area (Å²) in [5.74, 6) is -2.36. The summed E-state index contributed by atoms with van der Waals surface area (Å²) in [6.07, 6.45) is 0.430. The molecule has 0 aromatic rings. The Morgan fingerprint density at radius 1 is 1.40 bits per heavy atom. The van der Waals surface area contributed by atoms with E-state index in [9.17, 15) is 14.7 Å². The normalized spacial score (nSPS) is 40.3. The molecule has 0 aromatic heterocycles. The zero-order chi connectivity index (χ0) is 11.9. The molecule has 0 radical (unpaired) electrons. The number of rotatable bonds is 3. The van der Waals surface area contributed by atoms with Crippen LogP contribution in [0.5, 0.6) is 0 Å². The van der Waals surface area contributed by atoms with Crippen LogP contribution in [-0.4, -0.2) is 34.2 Å². The van der Waals surface area contributed by atoms with Gasteiger partial charge in [0.1, 0.15) is 5.54 Å². The Labute approximate surface area is 88.5 Å². The van der Waals surface area contributed by atoms with Gasteiger partial charge in [0.2, 0.25) is 0 Å². The molecule has 0 aliphatic carbocycles. The molecule has 0 aromatic carbocycles. The molecule has 1 rings (SSSR count). The number of carboxylic acids is 2. The van der Waals surface area contributed by atoms with Gasteiger partial charge < -0.3 is 15.5 Å². The molecule has 0 bridgehead atoms. The van der Waals surface area contributed by atoms with Gasteiger partial charge >= 0.3 is 11.9 Å². The fourth-order valence-electron chi connectivity index (χ4n) is 2.30. The maximum Gasteiger partial charge on any atom is 0.323 e. The van der Waals surface area contributed by atoms with Gasteiger partial charge in [-0.25, -0.2) is 0 Å². The first-order valence-electron chi connectivity index (χ1n) is 5.03. The van der Waals surface area contributed by atoms with Gasteiger partial charge in [-0.05, 0) is 13.3 Å². The average molecular weight is 215 g/mol. The summed E-state index contributed by atoms with van der Waals surface area (Å²) < 4.78 is 0. The van der Waals surface area contributed by atoms with Crippen LogP contribution in [0.3, 0.4) is 0 Å². The van der Waals surface area contributed by atoms with Gasteiger partial charge in [-0.3, -0.25) is 9.59 Å². The Balaban J connectivity index is 3.11. The SMILES string of the molecule is CC[C@]1(C(=O)O)CN[C@@](C)(C(=O)O)[C@@H]1C. The van der Waals surface area contributed by atoms with E-state index in [0.29, 0.717) is 6.42 Å². The van der Waals surface area contributed by atoms with E-state index >= 15 is 0 Å². The zero-order valence-corrected chi connectivity index (χ0v) is 9.20. The van der Waals surface area contributed by atoms with Crippen LogP contribution >= 0.6 is 0 Å². The molecule has 5 heteroatoms. The lowest BCUT2D eigenvalue weighted by Crippen LogP contribution is -2.50. The lowest BCUT2D eigenvalue weighted by Gasteiger charge is -2.32. The largest absolute Gasteiger partial charge is 0.481 e. The summed E-state index contributed by atoms with van der Waals surface area (Å²) in [6.45, 7) is 5.22.